The monoisotopic (exact) mass is 550 g/mol. The second kappa shape index (κ2) is 13.7. The van der Waals surface area contributed by atoms with Crippen LogP contribution in [0.5, 0.6) is 0 Å². The van der Waals surface area contributed by atoms with Gasteiger partial charge < -0.3 is 24.4 Å². The molecule has 3 N–H and O–H groups in total. The maximum absolute atomic E-state index is 13.0. The van der Waals surface area contributed by atoms with Crippen LogP contribution in [0, 0.1) is 0 Å². The van der Waals surface area contributed by atoms with Crippen LogP contribution in [0.15, 0.2) is 30.3 Å². The van der Waals surface area contributed by atoms with Crippen LogP contribution in [-0.4, -0.2) is 71.3 Å². The smallest absolute Gasteiger partial charge is 0.409 e. The molecule has 1 saturated heterocycles. The topological polar surface area (TPSA) is 196 Å². The van der Waals surface area contributed by atoms with Gasteiger partial charge in [-0.15, -0.1) is 5.06 Å². The quantitative estimate of drug-likeness (QED) is 0.120. The number of hydrogen-bond acceptors (Lipinski definition) is 11. The fourth-order valence-corrected chi connectivity index (χ4v) is 2.94. The third-order valence-corrected chi connectivity index (χ3v) is 4.63. The van der Waals surface area contributed by atoms with Crippen LogP contribution < -0.4 is 16.0 Å². The number of ether oxygens (including phenoxy) is 3. The molecule has 0 aliphatic carbocycles. The van der Waals surface area contributed by atoms with Gasteiger partial charge in [0.2, 0.25) is 6.04 Å². The molecule has 15 nitrogen and oxygen atoms in total. The molecule has 0 spiro atoms. The zero-order valence-electron chi connectivity index (χ0n) is 21.8. The largest absolute Gasteiger partial charge is 0.464 e. The number of alkyl carbamates (subject to hydrolysis) is 2. The van der Waals surface area contributed by atoms with Crippen molar-refractivity contribution < 1.29 is 52.6 Å². The summed E-state index contributed by atoms with van der Waals surface area (Å²) in [4.78, 5) is 91.1. The molecule has 5 amide bonds. The first-order chi connectivity index (χ1) is 18.3. The van der Waals surface area contributed by atoms with Crippen molar-refractivity contribution in [1.29, 1.82) is 0 Å². The van der Waals surface area contributed by atoms with E-state index in [2.05, 4.69) is 10.6 Å². The van der Waals surface area contributed by atoms with Crippen LogP contribution in [0.3, 0.4) is 0 Å². The van der Waals surface area contributed by atoms with Crippen molar-refractivity contribution in [2.45, 2.75) is 65.0 Å². The van der Waals surface area contributed by atoms with Crippen LogP contribution in [-0.2, 0) is 49.6 Å². The third-order valence-electron chi connectivity index (χ3n) is 4.63. The number of nitrogens with one attached hydrogen (secondary N) is 3. The molecule has 0 radical (unpaired) electrons. The molecule has 1 aliphatic rings. The van der Waals surface area contributed by atoms with Crippen molar-refractivity contribution in [3.05, 3.63) is 35.9 Å². The van der Waals surface area contributed by atoms with Gasteiger partial charge in [0.1, 0.15) is 12.2 Å². The van der Waals surface area contributed by atoms with Gasteiger partial charge >= 0.3 is 24.1 Å². The van der Waals surface area contributed by atoms with Gasteiger partial charge in [-0.2, -0.15) is 0 Å². The predicted molar refractivity (Wildman–Crippen MR) is 129 cm³/mol. The second-order valence-electron chi connectivity index (χ2n) is 8.97. The number of hydroxylamine groups is 2. The number of carbonyl (C=O) groups is 7. The molecule has 1 aliphatic heterocycles. The van der Waals surface area contributed by atoms with E-state index in [9.17, 15) is 33.6 Å². The van der Waals surface area contributed by atoms with E-state index in [1.807, 2.05) is 5.32 Å². The fraction of sp³-hybridized carbons (Fsp3) is 0.458. The maximum atomic E-state index is 13.0. The summed E-state index contributed by atoms with van der Waals surface area (Å²) < 4.78 is 14.9. The van der Waals surface area contributed by atoms with E-state index in [1.54, 1.807) is 51.1 Å². The molecule has 212 valence electrons. The molecule has 1 aromatic rings. The molecule has 0 aromatic heterocycles. The molecule has 15 heteroatoms. The standard InChI is InChI=1S/C24H30N4O11/c1-5-36-20(32)17(21(33)39-28-15(29)11-12-16(28)30)25-19(31)18(27-23(35)38-24(2,3)4)26-22(34)37-13-14-9-7-6-8-10-14/h6-10,17-18H,5,11-13H2,1-4H3,(H,25,31)(H,26,34)(H,27,35). The summed E-state index contributed by atoms with van der Waals surface area (Å²) in [5, 5.41) is 6.35. The van der Waals surface area contributed by atoms with Crippen LogP contribution in [0.25, 0.3) is 0 Å². The highest BCUT2D eigenvalue weighted by molar-refractivity contribution is 6.06. The molecule has 1 heterocycles. The van der Waals surface area contributed by atoms with Crippen LogP contribution in [0.2, 0.25) is 0 Å². The fourth-order valence-electron chi connectivity index (χ4n) is 2.94. The number of imide groups is 1. The van der Waals surface area contributed by atoms with Crippen LogP contribution in [0.1, 0.15) is 46.1 Å². The summed E-state index contributed by atoms with van der Waals surface area (Å²) in [5.41, 5.74) is -0.352. The lowest BCUT2D eigenvalue weighted by Gasteiger charge is -2.25. The zero-order valence-corrected chi connectivity index (χ0v) is 21.8. The molecule has 39 heavy (non-hydrogen) atoms. The van der Waals surface area contributed by atoms with Crippen molar-refractivity contribution in [3.8, 4) is 0 Å². The van der Waals surface area contributed by atoms with Crippen molar-refractivity contribution >= 4 is 41.8 Å². The summed E-state index contributed by atoms with van der Waals surface area (Å²) in [6, 6.07) is 6.38. The van der Waals surface area contributed by atoms with E-state index in [0.29, 0.717) is 5.56 Å². The summed E-state index contributed by atoms with van der Waals surface area (Å²) in [5.74, 6) is -5.75. The van der Waals surface area contributed by atoms with E-state index >= 15 is 0 Å². The molecule has 1 aromatic carbocycles. The lowest BCUT2D eigenvalue weighted by molar-refractivity contribution is -0.200. The first kappa shape index (κ1) is 30.5. The van der Waals surface area contributed by atoms with Crippen molar-refractivity contribution in [3.63, 3.8) is 0 Å². The third kappa shape index (κ3) is 9.94. The maximum Gasteiger partial charge on any atom is 0.409 e. The Bertz CT molecular complexity index is 1090. The Labute approximate surface area is 223 Å². The SMILES string of the molecule is CCOC(=O)C(NC(=O)C(NC(=O)OCc1ccccc1)NC(=O)OC(C)(C)C)C(=O)ON1C(=O)CCC1=O. The highest BCUT2D eigenvalue weighted by atomic mass is 16.7. The first-order valence-corrected chi connectivity index (χ1v) is 11.8. The normalized spacial score (nSPS) is 14.5. The number of rotatable bonds is 10. The minimum Gasteiger partial charge on any atom is -0.464 e. The zero-order chi connectivity index (χ0) is 29.2. The highest BCUT2D eigenvalue weighted by Crippen LogP contribution is 2.13. The molecular weight excluding hydrogens is 520 g/mol. The average molecular weight is 551 g/mol. The van der Waals surface area contributed by atoms with Crippen LogP contribution in [0.4, 0.5) is 9.59 Å². The molecule has 0 saturated carbocycles. The van der Waals surface area contributed by atoms with Gasteiger partial charge in [0.25, 0.3) is 17.7 Å². The van der Waals surface area contributed by atoms with Gasteiger partial charge in [0.15, 0.2) is 6.17 Å². The minimum absolute atomic E-state index is 0.177. The Kier molecular flexibility index (Phi) is 10.8. The van der Waals surface area contributed by atoms with E-state index in [1.165, 1.54) is 6.92 Å². The molecule has 2 rings (SSSR count). The molecule has 1 fully saturated rings. The number of esters is 1. The van der Waals surface area contributed by atoms with Crippen LogP contribution >= 0.6 is 0 Å². The molecule has 2 unspecified atom stereocenters. The summed E-state index contributed by atoms with van der Waals surface area (Å²) in [6.45, 7) is 5.70. The van der Waals surface area contributed by atoms with Gasteiger partial charge in [-0.25, -0.2) is 19.2 Å². The molecule has 2 atom stereocenters. The summed E-state index contributed by atoms with van der Waals surface area (Å²) >= 11 is 0. The van der Waals surface area contributed by atoms with E-state index in [-0.39, 0.29) is 31.1 Å². The summed E-state index contributed by atoms with van der Waals surface area (Å²) in [6.07, 6.45) is -4.60. The molecular formula is C24H30N4O11. The lowest BCUT2D eigenvalue weighted by atomic mass is 10.2. The second-order valence-corrected chi connectivity index (χ2v) is 8.97. The Morgan fingerprint density at radius 1 is 0.872 bits per heavy atom. The van der Waals surface area contributed by atoms with E-state index in [0.717, 1.165) is 0 Å². The highest BCUT2D eigenvalue weighted by Gasteiger charge is 2.40. The Balaban J connectivity index is 2.19. The van der Waals surface area contributed by atoms with Gasteiger partial charge in [0.05, 0.1) is 6.61 Å². The number of carbonyl (C=O) groups excluding carboxylic acids is 7. The van der Waals surface area contributed by atoms with E-state index < -0.39 is 59.7 Å². The van der Waals surface area contributed by atoms with Gasteiger partial charge in [-0.3, -0.25) is 25.0 Å². The van der Waals surface area contributed by atoms with Gasteiger partial charge in [-0.1, -0.05) is 30.3 Å². The minimum atomic E-state index is -2.18. The van der Waals surface area contributed by atoms with Crippen molar-refractivity contribution in [2.24, 2.45) is 0 Å². The number of hydrogen-bond donors (Lipinski definition) is 3. The first-order valence-electron chi connectivity index (χ1n) is 11.8. The van der Waals surface area contributed by atoms with E-state index in [4.69, 9.17) is 19.0 Å². The van der Waals surface area contributed by atoms with Crippen molar-refractivity contribution in [2.75, 3.05) is 6.61 Å². The Morgan fingerprint density at radius 2 is 1.46 bits per heavy atom. The summed E-state index contributed by atoms with van der Waals surface area (Å²) in [7, 11) is 0. The predicted octanol–water partition coefficient (Wildman–Crippen LogP) is 0.419. The number of benzene rings is 1. The Morgan fingerprint density at radius 3 is 2.03 bits per heavy atom. The van der Waals surface area contributed by atoms with Gasteiger partial charge in [0, 0.05) is 12.8 Å². The average Bonchev–Trinajstić information content (AvgIpc) is 3.17. The van der Waals surface area contributed by atoms with Gasteiger partial charge in [-0.05, 0) is 33.3 Å². The molecule has 0 bridgehead atoms. The lowest BCUT2D eigenvalue weighted by Crippen LogP contribution is -2.61. The van der Waals surface area contributed by atoms with Crippen molar-refractivity contribution in [1.82, 2.24) is 21.0 Å². The Hall–Kier alpha value is -4.69. The number of nitrogens with zero attached hydrogens (tertiary/aromatic N) is 1. The number of amides is 5.